The van der Waals surface area contributed by atoms with Crippen molar-refractivity contribution in [1.82, 2.24) is 9.88 Å². The predicted molar refractivity (Wildman–Crippen MR) is 77.4 cm³/mol. The first-order chi connectivity index (χ1) is 9.61. The minimum Gasteiger partial charge on any atom is -0.343 e. The van der Waals surface area contributed by atoms with E-state index in [1.54, 1.807) is 13.1 Å². The van der Waals surface area contributed by atoms with Crippen LogP contribution in [-0.4, -0.2) is 34.8 Å². The Hall–Kier alpha value is -1.91. The molecule has 1 aliphatic heterocycles. The van der Waals surface area contributed by atoms with Gasteiger partial charge in [-0.2, -0.15) is 0 Å². The van der Waals surface area contributed by atoms with Crippen LogP contribution in [0.15, 0.2) is 18.3 Å². The summed E-state index contributed by atoms with van der Waals surface area (Å²) < 4.78 is 0. The van der Waals surface area contributed by atoms with Crippen LogP contribution in [0.3, 0.4) is 0 Å². The number of rotatable bonds is 3. The van der Waals surface area contributed by atoms with Crippen LogP contribution in [-0.2, 0) is 9.59 Å². The second-order valence-electron chi connectivity index (χ2n) is 5.12. The van der Waals surface area contributed by atoms with Crippen LogP contribution < -0.4 is 5.32 Å². The summed E-state index contributed by atoms with van der Waals surface area (Å²) in [6.45, 7) is 4.98. The lowest BCUT2D eigenvalue weighted by atomic mass is 9.89. The van der Waals surface area contributed by atoms with Gasteiger partial charge >= 0.3 is 0 Å². The van der Waals surface area contributed by atoms with Crippen LogP contribution in [0.1, 0.15) is 44.6 Å². The number of piperidine rings is 1. The zero-order valence-corrected chi connectivity index (χ0v) is 12.1. The summed E-state index contributed by atoms with van der Waals surface area (Å²) >= 11 is 0. The van der Waals surface area contributed by atoms with Gasteiger partial charge in [0.05, 0.1) is 0 Å². The van der Waals surface area contributed by atoms with Crippen LogP contribution in [0.4, 0.5) is 5.82 Å². The number of amides is 2. The van der Waals surface area contributed by atoms with Crippen molar-refractivity contribution in [2.24, 2.45) is 0 Å². The molecule has 0 unspecified atom stereocenters. The number of pyridine rings is 1. The van der Waals surface area contributed by atoms with Crippen LogP contribution >= 0.6 is 0 Å². The van der Waals surface area contributed by atoms with Crippen LogP contribution in [0, 0.1) is 0 Å². The normalized spacial score (nSPS) is 16.0. The Bertz CT molecular complexity index is 494. The minimum absolute atomic E-state index is 0.0221. The van der Waals surface area contributed by atoms with E-state index in [1.165, 1.54) is 0 Å². The zero-order chi connectivity index (χ0) is 14.5. The Labute approximate surface area is 119 Å². The number of nitrogens with one attached hydrogen (secondary N) is 1. The van der Waals surface area contributed by atoms with Crippen molar-refractivity contribution in [1.29, 1.82) is 0 Å². The Balaban J connectivity index is 2.09. The fourth-order valence-electron chi connectivity index (χ4n) is 2.58. The number of nitrogens with zero attached hydrogens (tertiary/aromatic N) is 2. The van der Waals surface area contributed by atoms with E-state index >= 15 is 0 Å². The summed E-state index contributed by atoms with van der Waals surface area (Å²) in [6.07, 6.45) is 3.97. The molecule has 1 N–H and O–H groups in total. The van der Waals surface area contributed by atoms with Gasteiger partial charge in [-0.25, -0.2) is 4.98 Å². The van der Waals surface area contributed by atoms with Gasteiger partial charge in [-0.05, 0) is 30.4 Å². The first-order valence-corrected chi connectivity index (χ1v) is 7.12. The lowest BCUT2D eigenvalue weighted by Gasteiger charge is -2.32. The third-order valence-corrected chi connectivity index (χ3v) is 3.80. The van der Waals surface area contributed by atoms with Crippen molar-refractivity contribution in [2.45, 2.75) is 39.0 Å². The number of carbonyl (C=O) groups is 2. The van der Waals surface area contributed by atoms with E-state index in [4.69, 9.17) is 0 Å². The second-order valence-corrected chi connectivity index (χ2v) is 5.12. The number of hydrogen-bond donors (Lipinski definition) is 1. The fourth-order valence-corrected chi connectivity index (χ4v) is 2.58. The lowest BCUT2D eigenvalue weighted by Crippen LogP contribution is -2.36. The van der Waals surface area contributed by atoms with E-state index in [-0.39, 0.29) is 11.8 Å². The largest absolute Gasteiger partial charge is 0.343 e. The highest BCUT2D eigenvalue weighted by atomic mass is 16.2. The monoisotopic (exact) mass is 275 g/mol. The highest BCUT2D eigenvalue weighted by Crippen LogP contribution is 2.31. The molecule has 0 aliphatic carbocycles. The van der Waals surface area contributed by atoms with Gasteiger partial charge in [0.25, 0.3) is 0 Å². The first kappa shape index (κ1) is 14.5. The molecular formula is C15H21N3O2. The Morgan fingerprint density at radius 3 is 2.70 bits per heavy atom. The Morgan fingerprint density at radius 2 is 2.10 bits per heavy atom. The molecule has 2 amide bonds. The molecule has 20 heavy (non-hydrogen) atoms. The molecule has 2 heterocycles. The highest BCUT2D eigenvalue weighted by Gasteiger charge is 2.24. The summed E-state index contributed by atoms with van der Waals surface area (Å²) in [6, 6.07) is 3.92. The van der Waals surface area contributed by atoms with Gasteiger partial charge in [0.2, 0.25) is 11.8 Å². The molecule has 5 nitrogen and oxygen atoms in total. The molecule has 0 bridgehead atoms. The summed E-state index contributed by atoms with van der Waals surface area (Å²) in [4.78, 5) is 29.1. The summed E-state index contributed by atoms with van der Waals surface area (Å²) in [7, 11) is 0. The van der Waals surface area contributed by atoms with E-state index in [0.717, 1.165) is 31.5 Å². The van der Waals surface area contributed by atoms with E-state index in [2.05, 4.69) is 10.3 Å². The molecule has 1 aromatic rings. The van der Waals surface area contributed by atoms with Gasteiger partial charge in [-0.15, -0.1) is 0 Å². The molecule has 2 rings (SSSR count). The molecule has 0 aromatic carbocycles. The van der Waals surface area contributed by atoms with Gasteiger partial charge in [0.15, 0.2) is 0 Å². The smallest absolute Gasteiger partial charge is 0.225 e. The number of carbonyl (C=O) groups excluding carboxylic acids is 2. The molecule has 0 atom stereocenters. The third-order valence-electron chi connectivity index (χ3n) is 3.80. The summed E-state index contributed by atoms with van der Waals surface area (Å²) in [5.41, 5.74) is 1.08. The van der Waals surface area contributed by atoms with Gasteiger partial charge in [0, 0.05) is 32.6 Å². The SMILES string of the molecule is CCC(=O)Nc1ncccc1C1CCN(C(C)=O)CC1. The van der Waals surface area contributed by atoms with Gasteiger partial charge in [0.1, 0.15) is 5.82 Å². The summed E-state index contributed by atoms with van der Waals surface area (Å²) in [5.74, 6) is 1.13. The molecule has 1 saturated heterocycles. The van der Waals surface area contributed by atoms with E-state index in [1.807, 2.05) is 24.0 Å². The lowest BCUT2D eigenvalue weighted by molar-refractivity contribution is -0.129. The third kappa shape index (κ3) is 3.35. The van der Waals surface area contributed by atoms with Crippen LogP contribution in [0.25, 0.3) is 0 Å². The molecule has 1 fully saturated rings. The molecule has 0 radical (unpaired) electrons. The molecule has 108 valence electrons. The maximum absolute atomic E-state index is 11.6. The molecule has 5 heteroatoms. The van der Waals surface area contributed by atoms with Crippen LogP contribution in [0.5, 0.6) is 0 Å². The molecule has 1 aromatic heterocycles. The Morgan fingerprint density at radius 1 is 1.40 bits per heavy atom. The zero-order valence-electron chi connectivity index (χ0n) is 12.1. The molecular weight excluding hydrogens is 254 g/mol. The van der Waals surface area contributed by atoms with Crippen molar-refractivity contribution in [3.8, 4) is 0 Å². The van der Waals surface area contributed by atoms with E-state index in [0.29, 0.717) is 18.2 Å². The second kappa shape index (κ2) is 6.50. The first-order valence-electron chi connectivity index (χ1n) is 7.12. The molecule has 0 saturated carbocycles. The van der Waals surface area contributed by atoms with E-state index in [9.17, 15) is 9.59 Å². The predicted octanol–water partition coefficient (Wildman–Crippen LogP) is 2.16. The van der Waals surface area contributed by atoms with Gasteiger partial charge in [-0.3, -0.25) is 9.59 Å². The number of hydrogen-bond acceptors (Lipinski definition) is 3. The highest BCUT2D eigenvalue weighted by molar-refractivity contribution is 5.90. The van der Waals surface area contributed by atoms with Crippen molar-refractivity contribution in [3.05, 3.63) is 23.9 Å². The number of aromatic nitrogens is 1. The average Bonchev–Trinajstić information content (AvgIpc) is 2.48. The van der Waals surface area contributed by atoms with Crippen LogP contribution in [0.2, 0.25) is 0 Å². The fraction of sp³-hybridized carbons (Fsp3) is 0.533. The minimum atomic E-state index is -0.0221. The van der Waals surface area contributed by atoms with Crippen molar-refractivity contribution in [2.75, 3.05) is 18.4 Å². The average molecular weight is 275 g/mol. The van der Waals surface area contributed by atoms with Crippen molar-refractivity contribution < 1.29 is 9.59 Å². The van der Waals surface area contributed by atoms with E-state index < -0.39 is 0 Å². The topological polar surface area (TPSA) is 62.3 Å². The van der Waals surface area contributed by atoms with Crippen molar-refractivity contribution >= 4 is 17.6 Å². The Kier molecular flexibility index (Phi) is 4.71. The van der Waals surface area contributed by atoms with Crippen molar-refractivity contribution in [3.63, 3.8) is 0 Å². The molecule has 0 spiro atoms. The summed E-state index contributed by atoms with van der Waals surface area (Å²) in [5, 5.41) is 2.86. The maximum Gasteiger partial charge on any atom is 0.225 e. The quantitative estimate of drug-likeness (QED) is 0.919. The van der Waals surface area contributed by atoms with Gasteiger partial charge < -0.3 is 10.2 Å². The standard InChI is InChI=1S/C15H21N3O2/c1-3-14(20)17-15-13(5-4-8-16-15)12-6-9-18(10-7-12)11(2)19/h4-5,8,12H,3,6-7,9-10H2,1-2H3,(H,16,17,20). The number of anilines is 1. The number of likely N-dealkylation sites (tertiary alicyclic amines) is 1. The molecule has 1 aliphatic rings. The maximum atomic E-state index is 11.6. The van der Waals surface area contributed by atoms with Gasteiger partial charge in [-0.1, -0.05) is 13.0 Å².